The second-order valence-electron chi connectivity index (χ2n) is 12.6. The summed E-state index contributed by atoms with van der Waals surface area (Å²) < 4.78 is 121. The van der Waals surface area contributed by atoms with Gasteiger partial charge < -0.3 is 19.5 Å². The highest BCUT2D eigenvalue weighted by atomic mass is 19.4. The summed E-state index contributed by atoms with van der Waals surface area (Å²) >= 11 is 0. The maximum atomic E-state index is 15.1. The number of hydrogen-bond acceptors (Lipinski definition) is 8. The number of aromatic amines is 1. The molecule has 9 rings (SSSR count). The van der Waals surface area contributed by atoms with Crippen LogP contribution in [0.25, 0.3) is 5.69 Å². The first kappa shape index (κ1) is 29.8. The van der Waals surface area contributed by atoms with Gasteiger partial charge in [0.15, 0.2) is 23.0 Å². The molecular formula is C30H24F7N5O5. The Bertz CT molecular complexity index is 1970. The molecule has 2 bridgehead atoms. The number of nitrogens with one attached hydrogen (secondary N) is 2. The fraction of sp³-hybridized carbons (Fsp3) is 0.433. The summed E-state index contributed by atoms with van der Waals surface area (Å²) in [6.45, 7) is 1.44. The Balaban J connectivity index is 1.10. The van der Waals surface area contributed by atoms with Crippen LogP contribution < -0.4 is 20.5 Å². The van der Waals surface area contributed by atoms with Gasteiger partial charge in [-0.05, 0) is 69.7 Å². The molecule has 0 amide bonds. The van der Waals surface area contributed by atoms with Crippen LogP contribution in [0, 0.1) is 11.6 Å². The molecule has 17 heteroatoms. The Labute approximate surface area is 259 Å². The van der Waals surface area contributed by atoms with Crippen molar-refractivity contribution in [3.8, 4) is 17.2 Å². The molecule has 248 valence electrons. The molecule has 2 aromatic heterocycles. The number of fused-ring (bicyclic) bond motifs is 2. The first-order chi connectivity index (χ1) is 22.1. The van der Waals surface area contributed by atoms with Gasteiger partial charge in [-0.3, -0.25) is 9.51 Å². The lowest BCUT2D eigenvalue weighted by molar-refractivity contribution is -0.286. The fourth-order valence-electron chi connectivity index (χ4n) is 7.40. The molecule has 2 atom stereocenters. The van der Waals surface area contributed by atoms with E-state index in [4.69, 9.17) is 4.74 Å². The molecule has 47 heavy (non-hydrogen) atoms. The van der Waals surface area contributed by atoms with Crippen LogP contribution in [0.2, 0.25) is 0 Å². The zero-order valence-electron chi connectivity index (χ0n) is 24.3. The Morgan fingerprint density at radius 1 is 1.09 bits per heavy atom. The number of halogens is 7. The number of ether oxygens (including phenoxy) is 3. The lowest BCUT2D eigenvalue weighted by atomic mass is 9.40. The molecule has 3 saturated carbocycles. The Kier molecular flexibility index (Phi) is 6.19. The quantitative estimate of drug-likeness (QED) is 0.212. The summed E-state index contributed by atoms with van der Waals surface area (Å²) in [6, 6.07) is 4.26. The van der Waals surface area contributed by atoms with Crippen molar-refractivity contribution in [3.05, 3.63) is 80.9 Å². The number of anilines is 1. The molecule has 2 N–H and O–H groups in total. The van der Waals surface area contributed by atoms with Crippen molar-refractivity contribution in [1.82, 2.24) is 19.9 Å². The van der Waals surface area contributed by atoms with Gasteiger partial charge in [0.05, 0.1) is 28.7 Å². The third kappa shape index (κ3) is 4.76. The maximum Gasteiger partial charge on any atom is 0.586 e. The number of benzene rings is 2. The predicted molar refractivity (Wildman–Crippen MR) is 145 cm³/mol. The van der Waals surface area contributed by atoms with Crippen LogP contribution in [-0.2, 0) is 22.7 Å². The van der Waals surface area contributed by atoms with Crippen LogP contribution in [0.3, 0.4) is 0 Å². The molecule has 0 unspecified atom stereocenters. The molecule has 0 saturated heterocycles. The molecule has 0 spiro atoms. The van der Waals surface area contributed by atoms with E-state index in [1.165, 1.54) is 19.1 Å². The summed E-state index contributed by atoms with van der Waals surface area (Å²) in [5.74, 6) is -2.90. The van der Waals surface area contributed by atoms with Gasteiger partial charge in [0.1, 0.15) is 17.7 Å². The zero-order chi connectivity index (χ0) is 33.1. The van der Waals surface area contributed by atoms with Gasteiger partial charge in [0.25, 0.3) is 0 Å². The van der Waals surface area contributed by atoms with Crippen LogP contribution >= 0.6 is 0 Å². The van der Waals surface area contributed by atoms with Crippen LogP contribution in [0.15, 0.2) is 39.6 Å². The lowest BCUT2D eigenvalue weighted by Crippen LogP contribution is -2.71. The van der Waals surface area contributed by atoms with Gasteiger partial charge in [-0.1, -0.05) is 5.16 Å². The van der Waals surface area contributed by atoms with Crippen LogP contribution in [0.1, 0.15) is 79.5 Å². The van der Waals surface area contributed by atoms with E-state index in [2.05, 4.69) is 34.6 Å². The van der Waals surface area contributed by atoms with Crippen molar-refractivity contribution < 1.29 is 49.5 Å². The first-order valence-electron chi connectivity index (χ1n) is 14.7. The van der Waals surface area contributed by atoms with E-state index in [9.17, 15) is 31.1 Å². The number of H-pyrrole nitrogens is 1. The van der Waals surface area contributed by atoms with Crippen LogP contribution in [0.5, 0.6) is 11.5 Å². The average molecular weight is 668 g/mol. The van der Waals surface area contributed by atoms with Crippen LogP contribution in [0.4, 0.5) is 36.4 Å². The zero-order valence-corrected chi connectivity index (χ0v) is 24.3. The number of rotatable bonds is 7. The van der Waals surface area contributed by atoms with E-state index in [1.807, 2.05) is 0 Å². The topological polar surface area (TPSA) is 116 Å². The third-order valence-electron chi connectivity index (χ3n) is 9.36. The van der Waals surface area contributed by atoms with E-state index >= 15 is 4.39 Å². The molecule has 1 aliphatic heterocycles. The van der Waals surface area contributed by atoms with Gasteiger partial charge in [-0.25, -0.2) is 18.3 Å². The van der Waals surface area contributed by atoms with E-state index in [-0.39, 0.29) is 34.6 Å². The number of aromatic nitrogens is 4. The minimum Gasteiger partial charge on any atom is -0.395 e. The highest BCUT2D eigenvalue weighted by molar-refractivity contribution is 5.56. The van der Waals surface area contributed by atoms with Crippen molar-refractivity contribution in [2.45, 2.75) is 81.1 Å². The van der Waals surface area contributed by atoms with Crippen LogP contribution in [-0.4, -0.2) is 31.8 Å². The summed E-state index contributed by atoms with van der Waals surface area (Å²) in [5.41, 5.74) is -2.17. The number of alkyl halides is 5. The normalized spacial score (nSPS) is 25.9. The molecule has 4 aliphatic carbocycles. The van der Waals surface area contributed by atoms with Crippen molar-refractivity contribution in [2.75, 3.05) is 5.32 Å². The Morgan fingerprint density at radius 3 is 2.49 bits per heavy atom. The molecule has 3 fully saturated rings. The largest absolute Gasteiger partial charge is 0.586 e. The average Bonchev–Trinajstić information content (AvgIpc) is 3.64. The number of hydrogen-bond donors (Lipinski definition) is 2. The van der Waals surface area contributed by atoms with Gasteiger partial charge in [0, 0.05) is 22.6 Å². The van der Waals surface area contributed by atoms with Crippen molar-refractivity contribution >= 4 is 5.69 Å². The lowest BCUT2D eigenvalue weighted by Gasteiger charge is -2.69. The van der Waals surface area contributed by atoms with Crippen molar-refractivity contribution in [1.29, 1.82) is 0 Å². The van der Waals surface area contributed by atoms with Gasteiger partial charge in [-0.15, -0.1) is 8.78 Å². The highest BCUT2D eigenvalue weighted by Crippen LogP contribution is 2.70. The second-order valence-corrected chi connectivity index (χ2v) is 12.6. The fourth-order valence-corrected chi connectivity index (χ4v) is 7.40. The first-order valence-corrected chi connectivity index (χ1v) is 14.7. The molecule has 4 aromatic rings. The number of nitrogens with zero attached hydrogens (tertiary/aromatic N) is 3. The smallest absolute Gasteiger partial charge is 0.395 e. The van der Waals surface area contributed by atoms with E-state index in [1.54, 1.807) is 0 Å². The van der Waals surface area contributed by atoms with E-state index < -0.39 is 70.2 Å². The standard InChI is InChI=1S/C30H24F7N5O5/c1-13(16-8-21-22(9-18(16)32)46-30(36,37)45-21)38-19-7-14(5-6-17(19)31)42-23-15(24(40-42)29(33,34)35)3-2-4-20(23)44-28-10-27(11-28,12-28)25-39-26(43)47-41-25/h5-9,13,20,38H,2-4,10-12H2,1H3,(H,39,41,43)/t13-,20+,27?,28?/m0/s1. The summed E-state index contributed by atoms with van der Waals surface area (Å²) in [4.78, 5) is 14.0. The monoisotopic (exact) mass is 667 g/mol. The third-order valence-corrected chi connectivity index (χ3v) is 9.36. The maximum absolute atomic E-state index is 15.1. The minimum atomic E-state index is -4.78. The summed E-state index contributed by atoms with van der Waals surface area (Å²) in [7, 11) is 0. The predicted octanol–water partition coefficient (Wildman–Crippen LogP) is 6.61. The molecule has 3 heterocycles. The van der Waals surface area contributed by atoms with Crippen molar-refractivity contribution in [2.24, 2.45) is 0 Å². The van der Waals surface area contributed by atoms with Gasteiger partial charge in [-0.2, -0.15) is 18.3 Å². The van der Waals surface area contributed by atoms with Crippen molar-refractivity contribution in [3.63, 3.8) is 0 Å². The highest BCUT2D eigenvalue weighted by Gasteiger charge is 2.72. The summed E-state index contributed by atoms with van der Waals surface area (Å²) in [5, 5.41) is 10.5. The Hall–Kier alpha value is -4.54. The van der Waals surface area contributed by atoms with Gasteiger partial charge in [0.2, 0.25) is 0 Å². The molecular weight excluding hydrogens is 643 g/mol. The molecule has 0 radical (unpaired) electrons. The SMILES string of the molecule is C[C@H](Nc1cc(-n2nc(C(F)(F)F)c3c2[C@H](OC24CC(c5noc(=O)[nH]5)(C2)C4)CCC3)ccc1F)c1cc2c(cc1F)OC(F)(F)O2. The van der Waals surface area contributed by atoms with E-state index in [0.29, 0.717) is 37.9 Å². The molecule has 2 aromatic carbocycles. The second kappa shape index (κ2) is 9.74. The van der Waals surface area contributed by atoms with E-state index in [0.717, 1.165) is 22.9 Å². The van der Waals surface area contributed by atoms with Gasteiger partial charge >= 0.3 is 18.2 Å². The molecule has 5 aliphatic rings. The minimum absolute atomic E-state index is 0.0117. The summed E-state index contributed by atoms with van der Waals surface area (Å²) in [6.07, 6.45) is -7.06. The Morgan fingerprint density at radius 2 is 1.81 bits per heavy atom. The molecule has 10 nitrogen and oxygen atoms in total.